The SMILES string of the molecule is COc1cccc(F)c1-c1nccc(C(=O)Nc2cc(F)ccc2N2CC3CC2N3)c1F. The fraction of sp³-hybridized carbons (Fsp3) is 0.217. The molecule has 6 nitrogen and oxygen atoms in total. The number of hydrogen-bond donors (Lipinski definition) is 2. The number of hydrogen-bond acceptors (Lipinski definition) is 5. The predicted octanol–water partition coefficient (Wildman–Crippen LogP) is 3.93. The van der Waals surface area contributed by atoms with Gasteiger partial charge in [-0.1, -0.05) is 6.07 Å². The minimum absolute atomic E-state index is 0.0851. The number of amides is 1. The van der Waals surface area contributed by atoms with Crippen LogP contribution in [0.2, 0.25) is 0 Å². The lowest BCUT2D eigenvalue weighted by Crippen LogP contribution is -2.47. The highest BCUT2D eigenvalue weighted by atomic mass is 19.1. The Kier molecular flexibility index (Phi) is 4.97. The van der Waals surface area contributed by atoms with Crippen LogP contribution < -0.4 is 20.3 Å². The second-order valence-electron chi connectivity index (χ2n) is 7.72. The first-order valence-electron chi connectivity index (χ1n) is 10.1. The molecule has 3 aliphatic rings. The van der Waals surface area contributed by atoms with E-state index in [9.17, 15) is 13.6 Å². The van der Waals surface area contributed by atoms with Gasteiger partial charge in [0.15, 0.2) is 5.82 Å². The summed E-state index contributed by atoms with van der Waals surface area (Å²) < 4.78 is 48.9. The molecule has 164 valence electrons. The molecule has 1 aromatic heterocycles. The third-order valence-corrected chi connectivity index (χ3v) is 5.81. The summed E-state index contributed by atoms with van der Waals surface area (Å²) in [4.78, 5) is 18.9. The normalized spacial score (nSPS) is 18.9. The molecule has 2 bridgehead atoms. The molecule has 2 N–H and O–H groups in total. The summed E-state index contributed by atoms with van der Waals surface area (Å²) in [6.45, 7) is 0.736. The smallest absolute Gasteiger partial charge is 0.258 e. The van der Waals surface area contributed by atoms with Crippen molar-refractivity contribution < 1.29 is 22.7 Å². The molecule has 0 aliphatic carbocycles. The zero-order valence-electron chi connectivity index (χ0n) is 17.0. The Morgan fingerprint density at radius 1 is 1.22 bits per heavy atom. The molecule has 2 atom stereocenters. The number of carbonyl (C=O) groups excluding carboxylic acids is 1. The Bertz CT molecular complexity index is 1210. The number of rotatable bonds is 5. The lowest BCUT2D eigenvalue weighted by Gasteiger charge is -2.30. The van der Waals surface area contributed by atoms with E-state index in [0.717, 1.165) is 19.0 Å². The van der Waals surface area contributed by atoms with E-state index in [1.807, 2.05) is 4.90 Å². The van der Waals surface area contributed by atoms with Crippen LogP contribution in [0, 0.1) is 17.5 Å². The van der Waals surface area contributed by atoms with Crippen LogP contribution in [0.4, 0.5) is 24.5 Å². The number of aromatic nitrogens is 1. The Morgan fingerprint density at radius 2 is 2.03 bits per heavy atom. The van der Waals surface area contributed by atoms with E-state index in [2.05, 4.69) is 15.6 Å². The first kappa shape index (κ1) is 20.3. The van der Waals surface area contributed by atoms with Crippen LogP contribution in [0.3, 0.4) is 0 Å². The maximum Gasteiger partial charge on any atom is 0.258 e. The summed E-state index contributed by atoms with van der Waals surface area (Å²) in [5.41, 5.74) is -0.0131. The summed E-state index contributed by atoms with van der Waals surface area (Å²) in [6, 6.07) is 9.71. The van der Waals surface area contributed by atoms with Crippen LogP contribution >= 0.6 is 0 Å². The number of carbonyl (C=O) groups is 1. The number of ether oxygens (including phenoxy) is 1. The molecule has 1 amide bonds. The Hall–Kier alpha value is -3.59. The highest BCUT2D eigenvalue weighted by molar-refractivity contribution is 6.06. The first-order chi connectivity index (χ1) is 15.5. The average Bonchev–Trinajstić information content (AvgIpc) is 3.35. The molecule has 0 spiro atoms. The van der Waals surface area contributed by atoms with Gasteiger partial charge in [-0.3, -0.25) is 15.1 Å². The molecule has 2 unspecified atom stereocenters. The molecule has 0 radical (unpaired) electrons. The van der Waals surface area contributed by atoms with E-state index >= 15 is 4.39 Å². The largest absolute Gasteiger partial charge is 0.496 e. The van der Waals surface area contributed by atoms with Crippen LogP contribution in [-0.2, 0) is 0 Å². The van der Waals surface area contributed by atoms with Gasteiger partial charge in [0.1, 0.15) is 23.1 Å². The van der Waals surface area contributed by atoms with Gasteiger partial charge in [-0.2, -0.15) is 0 Å². The van der Waals surface area contributed by atoms with E-state index in [-0.39, 0.29) is 34.4 Å². The highest BCUT2D eigenvalue weighted by Crippen LogP contribution is 2.37. The zero-order chi connectivity index (χ0) is 22.4. The summed E-state index contributed by atoms with van der Waals surface area (Å²) in [5, 5.41) is 5.95. The van der Waals surface area contributed by atoms with Crippen molar-refractivity contribution in [3.63, 3.8) is 0 Å². The summed E-state index contributed by atoms with van der Waals surface area (Å²) in [5.74, 6) is -2.98. The van der Waals surface area contributed by atoms with Gasteiger partial charge in [0, 0.05) is 18.8 Å². The van der Waals surface area contributed by atoms with Gasteiger partial charge in [0.25, 0.3) is 5.91 Å². The standard InChI is InChI=1S/C23H19F3N4O2/c1-32-18-4-2-3-15(25)20(18)22-21(26)14(7-8-27-22)23(31)29-16-9-12(24)5-6-17(16)30-11-13-10-19(30)28-13/h2-9,13,19,28H,10-11H2,1H3,(H,29,31). The van der Waals surface area contributed by atoms with Gasteiger partial charge in [0.2, 0.25) is 0 Å². The molecule has 0 saturated carbocycles. The van der Waals surface area contributed by atoms with Gasteiger partial charge < -0.3 is 15.0 Å². The highest BCUT2D eigenvalue weighted by Gasteiger charge is 2.43. The number of anilines is 2. The van der Waals surface area contributed by atoms with E-state index in [1.165, 1.54) is 43.6 Å². The second-order valence-corrected chi connectivity index (χ2v) is 7.72. The molecule has 3 fully saturated rings. The average molecular weight is 440 g/mol. The molecule has 6 rings (SSSR count). The predicted molar refractivity (Wildman–Crippen MR) is 113 cm³/mol. The minimum Gasteiger partial charge on any atom is -0.496 e. The summed E-state index contributed by atoms with van der Waals surface area (Å²) >= 11 is 0. The van der Waals surface area contributed by atoms with Gasteiger partial charge in [0.05, 0.1) is 35.8 Å². The number of methoxy groups -OCH3 is 1. The number of pyridine rings is 1. The first-order valence-corrected chi connectivity index (χ1v) is 10.1. The number of nitrogens with zero attached hydrogens (tertiary/aromatic N) is 2. The monoisotopic (exact) mass is 440 g/mol. The molecular formula is C23H19F3N4O2. The topological polar surface area (TPSA) is 66.5 Å². The molecule has 4 heterocycles. The van der Waals surface area contributed by atoms with Crippen molar-refractivity contribution in [2.24, 2.45) is 0 Å². The van der Waals surface area contributed by atoms with Crippen molar-refractivity contribution in [2.45, 2.75) is 18.6 Å². The molecule has 3 aromatic rings. The number of halogens is 3. The fourth-order valence-corrected chi connectivity index (χ4v) is 4.24. The second kappa shape index (κ2) is 7.83. The lowest BCUT2D eigenvalue weighted by atomic mass is 10.1. The van der Waals surface area contributed by atoms with E-state index in [0.29, 0.717) is 11.7 Å². The Morgan fingerprint density at radius 3 is 2.75 bits per heavy atom. The zero-order valence-corrected chi connectivity index (χ0v) is 17.0. The van der Waals surface area contributed by atoms with Crippen molar-refractivity contribution in [3.8, 4) is 17.0 Å². The van der Waals surface area contributed by atoms with Gasteiger partial charge in [-0.05, 0) is 42.8 Å². The Labute approximate surface area is 182 Å². The third kappa shape index (κ3) is 3.34. The molecule has 3 saturated heterocycles. The lowest BCUT2D eigenvalue weighted by molar-refractivity contribution is 0.102. The number of benzene rings is 2. The van der Waals surface area contributed by atoms with Gasteiger partial charge >= 0.3 is 0 Å². The molecule has 9 heteroatoms. The van der Waals surface area contributed by atoms with E-state index in [4.69, 9.17) is 4.74 Å². The maximum absolute atomic E-state index is 15.3. The molecular weight excluding hydrogens is 421 g/mol. The number of nitrogens with one attached hydrogen (secondary N) is 2. The van der Waals surface area contributed by atoms with Crippen LogP contribution in [0.15, 0.2) is 48.7 Å². The van der Waals surface area contributed by atoms with Crippen LogP contribution in [0.25, 0.3) is 11.3 Å². The van der Waals surface area contributed by atoms with Crippen LogP contribution in [-0.4, -0.2) is 36.8 Å². The molecule has 2 aromatic carbocycles. The molecule has 3 aliphatic heterocycles. The molecule has 32 heavy (non-hydrogen) atoms. The van der Waals surface area contributed by atoms with Crippen molar-refractivity contribution in [3.05, 3.63) is 71.7 Å². The van der Waals surface area contributed by atoms with Crippen molar-refractivity contribution in [1.82, 2.24) is 10.3 Å². The minimum atomic E-state index is -1.00. The summed E-state index contributed by atoms with van der Waals surface area (Å²) in [7, 11) is 1.33. The van der Waals surface area contributed by atoms with Crippen LogP contribution in [0.1, 0.15) is 16.8 Å². The van der Waals surface area contributed by atoms with Crippen molar-refractivity contribution >= 4 is 17.3 Å². The quantitative estimate of drug-likeness (QED) is 0.629. The van der Waals surface area contributed by atoms with Crippen molar-refractivity contribution in [1.29, 1.82) is 0 Å². The van der Waals surface area contributed by atoms with Crippen LogP contribution in [0.5, 0.6) is 5.75 Å². The fourth-order valence-electron chi connectivity index (χ4n) is 4.24. The van der Waals surface area contributed by atoms with Crippen molar-refractivity contribution in [2.75, 3.05) is 23.9 Å². The van der Waals surface area contributed by atoms with E-state index in [1.54, 1.807) is 6.07 Å². The maximum atomic E-state index is 15.3. The van der Waals surface area contributed by atoms with Gasteiger partial charge in [-0.25, -0.2) is 13.2 Å². The van der Waals surface area contributed by atoms with E-state index < -0.39 is 23.4 Å². The number of fused-ring (bicyclic) bond motifs is 1. The Balaban J connectivity index is 1.50. The summed E-state index contributed by atoms with van der Waals surface area (Å²) in [6.07, 6.45) is 2.31. The van der Waals surface area contributed by atoms with Gasteiger partial charge in [-0.15, -0.1) is 0 Å². The third-order valence-electron chi connectivity index (χ3n) is 5.81.